The molecule has 4 nitrogen and oxygen atoms in total. The van der Waals surface area contributed by atoms with Gasteiger partial charge in [-0.2, -0.15) is 20.5 Å². The summed E-state index contributed by atoms with van der Waals surface area (Å²) in [7, 11) is 1.39. The fourth-order valence-electron chi connectivity index (χ4n) is 2.46. The Morgan fingerprint density at radius 2 is 1.81 bits per heavy atom. The van der Waals surface area contributed by atoms with E-state index in [-0.39, 0.29) is 17.4 Å². The number of benzene rings is 2. The molecule has 0 saturated heterocycles. The van der Waals surface area contributed by atoms with Gasteiger partial charge in [0.2, 0.25) is 0 Å². The van der Waals surface area contributed by atoms with Crippen LogP contribution in [0.15, 0.2) is 42.5 Å². The molecule has 1 amide bonds. The number of carbonyl (C=O) groups is 1. The number of thioether (sulfide) groups is 1. The molecule has 0 saturated carbocycles. The summed E-state index contributed by atoms with van der Waals surface area (Å²) in [6.45, 7) is -0.433. The van der Waals surface area contributed by atoms with Gasteiger partial charge in [-0.15, -0.1) is 0 Å². The molecule has 146 valence electrons. The largest absolute Gasteiger partial charge is 0.493 e. The van der Waals surface area contributed by atoms with E-state index in [1.165, 1.54) is 18.7 Å². The first-order valence-corrected chi connectivity index (χ1v) is 9.75. The van der Waals surface area contributed by atoms with Crippen molar-refractivity contribution < 1.29 is 23.0 Å². The summed E-state index contributed by atoms with van der Waals surface area (Å²) < 4.78 is 34.4. The zero-order valence-corrected chi connectivity index (χ0v) is 16.2. The van der Waals surface area contributed by atoms with Gasteiger partial charge in [0.1, 0.15) is 0 Å². The predicted molar refractivity (Wildman–Crippen MR) is 104 cm³/mol. The zero-order chi connectivity index (χ0) is 19.6. The highest BCUT2D eigenvalue weighted by Gasteiger charge is 2.11. The molecule has 7 heteroatoms. The normalized spacial score (nSPS) is 10.7. The maximum absolute atomic E-state index is 12.5. The van der Waals surface area contributed by atoms with Crippen molar-refractivity contribution in [1.82, 2.24) is 5.32 Å². The van der Waals surface area contributed by atoms with Crippen LogP contribution in [0, 0.1) is 0 Å². The summed E-state index contributed by atoms with van der Waals surface area (Å²) in [5, 5.41) is 2.83. The Kier molecular flexibility index (Phi) is 8.39. The first-order valence-electron chi connectivity index (χ1n) is 8.60. The van der Waals surface area contributed by atoms with Gasteiger partial charge in [-0.25, -0.2) is 0 Å². The monoisotopic (exact) mass is 395 g/mol. The van der Waals surface area contributed by atoms with Crippen molar-refractivity contribution >= 4 is 17.7 Å². The Hall–Kier alpha value is -2.28. The number of methoxy groups -OCH3 is 1. The highest BCUT2D eigenvalue weighted by atomic mass is 32.2. The van der Waals surface area contributed by atoms with Crippen molar-refractivity contribution in [3.05, 3.63) is 59.2 Å². The lowest BCUT2D eigenvalue weighted by molar-refractivity contribution is -0.0512. The SMILES string of the molecule is CCSCc1ccc(C(=O)NCCc2ccc(OC)c(OC(F)F)c2)cc1. The standard InChI is InChI=1S/C20H23F2NO3S/c1-3-27-13-15-4-7-16(8-5-15)19(24)23-11-10-14-6-9-17(25-2)18(12-14)26-20(21)22/h4-9,12,20H,3,10-11,13H2,1-2H3,(H,23,24). The minimum absolute atomic E-state index is 0.0168. The van der Waals surface area contributed by atoms with Crippen LogP contribution in [-0.2, 0) is 12.2 Å². The van der Waals surface area contributed by atoms with E-state index in [4.69, 9.17) is 4.74 Å². The number of ether oxygens (including phenoxy) is 2. The first-order chi connectivity index (χ1) is 13.0. The quantitative estimate of drug-likeness (QED) is 0.642. The second-order valence-corrected chi connectivity index (χ2v) is 6.98. The molecular formula is C20H23F2NO3S. The fourth-order valence-corrected chi connectivity index (χ4v) is 3.09. The van der Waals surface area contributed by atoms with Crippen LogP contribution in [0.1, 0.15) is 28.4 Å². The smallest absolute Gasteiger partial charge is 0.387 e. The molecular weight excluding hydrogens is 372 g/mol. The molecule has 0 atom stereocenters. The number of carbonyl (C=O) groups excluding carboxylic acids is 1. The van der Waals surface area contributed by atoms with E-state index in [9.17, 15) is 13.6 Å². The van der Waals surface area contributed by atoms with Gasteiger partial charge in [0, 0.05) is 17.9 Å². The molecule has 1 N–H and O–H groups in total. The van der Waals surface area contributed by atoms with Crippen LogP contribution in [-0.4, -0.2) is 31.9 Å². The van der Waals surface area contributed by atoms with Gasteiger partial charge in [-0.05, 0) is 47.6 Å². The molecule has 0 aliphatic carbocycles. The molecule has 0 heterocycles. The number of hydrogen-bond acceptors (Lipinski definition) is 4. The van der Waals surface area contributed by atoms with Gasteiger partial charge in [0.05, 0.1) is 7.11 Å². The summed E-state index contributed by atoms with van der Waals surface area (Å²) >= 11 is 1.83. The molecule has 2 aromatic rings. The van der Waals surface area contributed by atoms with Crippen LogP contribution >= 0.6 is 11.8 Å². The molecule has 0 bridgehead atoms. The Morgan fingerprint density at radius 3 is 2.44 bits per heavy atom. The first kappa shape index (κ1) is 21.0. The maximum atomic E-state index is 12.5. The van der Waals surface area contributed by atoms with Crippen molar-refractivity contribution in [3.8, 4) is 11.5 Å². The van der Waals surface area contributed by atoms with E-state index in [1.54, 1.807) is 12.1 Å². The molecule has 0 spiro atoms. The van der Waals surface area contributed by atoms with Gasteiger partial charge in [-0.1, -0.05) is 25.1 Å². The maximum Gasteiger partial charge on any atom is 0.387 e. The summed E-state index contributed by atoms with van der Waals surface area (Å²) in [5.74, 6) is 2.04. The average Bonchev–Trinajstić information content (AvgIpc) is 2.66. The Balaban J connectivity index is 1.89. The van der Waals surface area contributed by atoms with Crippen LogP contribution in [0.4, 0.5) is 8.78 Å². The van der Waals surface area contributed by atoms with Crippen molar-refractivity contribution in [2.45, 2.75) is 25.7 Å². The fraction of sp³-hybridized carbons (Fsp3) is 0.350. The second kappa shape index (κ2) is 10.8. The molecule has 2 aromatic carbocycles. The molecule has 0 aliphatic heterocycles. The van der Waals surface area contributed by atoms with Crippen LogP contribution in [0.25, 0.3) is 0 Å². The summed E-state index contributed by atoms with van der Waals surface area (Å²) in [4.78, 5) is 12.2. The molecule has 0 unspecified atom stereocenters. The lowest BCUT2D eigenvalue weighted by Crippen LogP contribution is -2.25. The van der Waals surface area contributed by atoms with Gasteiger partial charge in [-0.3, -0.25) is 4.79 Å². The molecule has 0 radical (unpaired) electrons. The summed E-state index contributed by atoms with van der Waals surface area (Å²) in [5.41, 5.74) is 2.54. The van der Waals surface area contributed by atoms with Crippen LogP contribution in [0.3, 0.4) is 0 Å². The summed E-state index contributed by atoms with van der Waals surface area (Å²) in [6.07, 6.45) is 0.487. The van der Waals surface area contributed by atoms with Crippen LogP contribution < -0.4 is 14.8 Å². The van der Waals surface area contributed by atoms with E-state index < -0.39 is 6.61 Å². The highest BCUT2D eigenvalue weighted by molar-refractivity contribution is 7.98. The van der Waals surface area contributed by atoms with Gasteiger partial charge < -0.3 is 14.8 Å². The van der Waals surface area contributed by atoms with Crippen molar-refractivity contribution in [2.75, 3.05) is 19.4 Å². The molecule has 2 rings (SSSR count). The number of rotatable bonds is 10. The van der Waals surface area contributed by atoms with Crippen molar-refractivity contribution in [1.29, 1.82) is 0 Å². The number of nitrogens with one attached hydrogen (secondary N) is 1. The Bertz CT molecular complexity index is 739. The van der Waals surface area contributed by atoms with E-state index >= 15 is 0 Å². The minimum Gasteiger partial charge on any atom is -0.493 e. The van der Waals surface area contributed by atoms with E-state index in [0.29, 0.717) is 18.5 Å². The third kappa shape index (κ3) is 6.75. The number of hydrogen-bond donors (Lipinski definition) is 1. The Morgan fingerprint density at radius 1 is 1.11 bits per heavy atom. The zero-order valence-electron chi connectivity index (χ0n) is 15.3. The lowest BCUT2D eigenvalue weighted by atomic mass is 10.1. The second-order valence-electron chi connectivity index (χ2n) is 5.70. The summed E-state index contributed by atoms with van der Waals surface area (Å²) in [6, 6.07) is 12.3. The van der Waals surface area contributed by atoms with Crippen LogP contribution in [0.2, 0.25) is 0 Å². The Labute approximate surface area is 162 Å². The molecule has 27 heavy (non-hydrogen) atoms. The highest BCUT2D eigenvalue weighted by Crippen LogP contribution is 2.29. The van der Waals surface area contributed by atoms with Gasteiger partial charge >= 0.3 is 6.61 Å². The number of halogens is 2. The third-order valence-electron chi connectivity index (χ3n) is 3.83. The molecule has 0 aliphatic rings. The van der Waals surface area contributed by atoms with Gasteiger partial charge in [0.15, 0.2) is 11.5 Å². The molecule has 0 aromatic heterocycles. The average molecular weight is 395 g/mol. The number of amides is 1. The predicted octanol–water partition coefficient (Wildman–Crippen LogP) is 4.52. The van der Waals surface area contributed by atoms with Crippen LogP contribution in [0.5, 0.6) is 11.5 Å². The van der Waals surface area contributed by atoms with Crippen molar-refractivity contribution in [3.63, 3.8) is 0 Å². The van der Waals surface area contributed by atoms with Crippen molar-refractivity contribution in [2.24, 2.45) is 0 Å². The molecule has 0 fully saturated rings. The minimum atomic E-state index is -2.92. The third-order valence-corrected chi connectivity index (χ3v) is 4.78. The van der Waals surface area contributed by atoms with E-state index in [0.717, 1.165) is 17.1 Å². The topological polar surface area (TPSA) is 47.6 Å². The number of alkyl halides is 2. The van der Waals surface area contributed by atoms with E-state index in [1.807, 2.05) is 36.0 Å². The lowest BCUT2D eigenvalue weighted by Gasteiger charge is -2.12. The van der Waals surface area contributed by atoms with Gasteiger partial charge in [0.25, 0.3) is 5.91 Å². The van der Waals surface area contributed by atoms with E-state index in [2.05, 4.69) is 17.0 Å².